The van der Waals surface area contributed by atoms with Crippen LogP contribution in [0, 0.1) is 18.3 Å². The maximum atomic E-state index is 13.2. The highest BCUT2D eigenvalue weighted by molar-refractivity contribution is 7.89. The van der Waals surface area contributed by atoms with Crippen molar-refractivity contribution in [2.75, 3.05) is 13.7 Å². The Morgan fingerprint density at radius 3 is 2.55 bits per heavy atom. The average molecular weight is 470 g/mol. The highest BCUT2D eigenvalue weighted by atomic mass is 32.2. The second-order valence-corrected chi connectivity index (χ2v) is 12.8. The molecule has 3 atom stereocenters. The number of aryl methyl sites for hydroxylation is 2. The quantitative estimate of drug-likeness (QED) is 0.555. The van der Waals surface area contributed by atoms with E-state index in [0.29, 0.717) is 29.0 Å². The van der Waals surface area contributed by atoms with Gasteiger partial charge in [0.25, 0.3) is 0 Å². The number of nitrogens with one attached hydrogen (secondary N) is 1. The summed E-state index contributed by atoms with van der Waals surface area (Å²) in [4.78, 5) is 0.304. The molecule has 2 aliphatic rings. The van der Waals surface area contributed by atoms with Crippen LogP contribution in [0.25, 0.3) is 0 Å². The van der Waals surface area contributed by atoms with Crippen molar-refractivity contribution in [2.45, 2.75) is 83.0 Å². The molecule has 4 rings (SSSR count). The van der Waals surface area contributed by atoms with Gasteiger partial charge in [0.2, 0.25) is 10.0 Å². The second-order valence-electron chi connectivity index (χ2n) is 11.0. The minimum atomic E-state index is -3.58. The minimum Gasteiger partial charge on any atom is -0.496 e. The molecule has 0 amide bonds. The molecular weight excluding hydrogens is 430 g/mol. The van der Waals surface area contributed by atoms with Crippen LogP contribution in [-0.4, -0.2) is 22.1 Å². The van der Waals surface area contributed by atoms with Crippen LogP contribution in [0.1, 0.15) is 81.5 Å². The van der Waals surface area contributed by atoms with Crippen molar-refractivity contribution in [3.05, 3.63) is 58.7 Å². The van der Waals surface area contributed by atoms with Gasteiger partial charge in [-0.2, -0.15) is 0 Å². The summed E-state index contributed by atoms with van der Waals surface area (Å²) in [5.41, 5.74) is 5.24. The van der Waals surface area contributed by atoms with Crippen LogP contribution in [0.15, 0.2) is 41.3 Å². The average Bonchev–Trinajstić information content (AvgIpc) is 2.77. The maximum Gasteiger partial charge on any atom is 0.240 e. The summed E-state index contributed by atoms with van der Waals surface area (Å²) in [7, 11) is -1.99. The predicted molar refractivity (Wildman–Crippen MR) is 135 cm³/mol. The van der Waals surface area contributed by atoms with Gasteiger partial charge in [0.05, 0.1) is 12.0 Å². The van der Waals surface area contributed by atoms with E-state index in [1.165, 1.54) is 23.1 Å². The van der Waals surface area contributed by atoms with E-state index in [0.717, 1.165) is 31.2 Å². The predicted octanol–water partition coefficient (Wildman–Crippen LogP) is 6.12. The Kier molecular flexibility index (Phi) is 6.43. The van der Waals surface area contributed by atoms with Gasteiger partial charge in [0.1, 0.15) is 5.75 Å². The first-order valence-electron chi connectivity index (χ1n) is 12.3. The lowest BCUT2D eigenvalue weighted by atomic mass is 9.50. The smallest absolute Gasteiger partial charge is 0.240 e. The van der Waals surface area contributed by atoms with Crippen molar-refractivity contribution in [3.8, 4) is 5.75 Å². The molecule has 0 radical (unpaired) electrons. The first-order valence-corrected chi connectivity index (χ1v) is 13.8. The second kappa shape index (κ2) is 8.74. The van der Waals surface area contributed by atoms with Gasteiger partial charge < -0.3 is 4.74 Å². The Morgan fingerprint density at radius 2 is 1.88 bits per heavy atom. The number of hydrogen-bond acceptors (Lipinski definition) is 3. The van der Waals surface area contributed by atoms with Gasteiger partial charge in [0, 0.05) is 6.54 Å². The van der Waals surface area contributed by atoms with Crippen LogP contribution in [-0.2, 0) is 21.9 Å². The van der Waals surface area contributed by atoms with Crippen LogP contribution in [0.3, 0.4) is 0 Å². The molecule has 0 spiro atoms. The SMILES string of the molecule is COc1ccc(S(=O)(=O)NC[C@@]2(C)CCC[C@@]3(C)c4ccc(C(C)C)cc4CC[C@H]23)cc1C. The summed E-state index contributed by atoms with van der Waals surface area (Å²) in [5.74, 6) is 1.69. The number of sulfonamides is 1. The topological polar surface area (TPSA) is 55.4 Å². The highest BCUT2D eigenvalue weighted by Crippen LogP contribution is 2.57. The maximum absolute atomic E-state index is 13.2. The largest absolute Gasteiger partial charge is 0.496 e. The van der Waals surface area contributed by atoms with Crippen molar-refractivity contribution in [2.24, 2.45) is 11.3 Å². The molecule has 180 valence electrons. The van der Waals surface area contributed by atoms with E-state index in [1.54, 1.807) is 25.3 Å². The molecule has 0 bridgehead atoms. The van der Waals surface area contributed by atoms with Crippen LogP contribution in [0.4, 0.5) is 0 Å². The van der Waals surface area contributed by atoms with Crippen molar-refractivity contribution in [1.29, 1.82) is 0 Å². The normalized spacial score (nSPS) is 27.2. The van der Waals surface area contributed by atoms with Gasteiger partial charge >= 0.3 is 0 Å². The zero-order valence-electron chi connectivity index (χ0n) is 21.0. The van der Waals surface area contributed by atoms with Gasteiger partial charge in [-0.25, -0.2) is 13.1 Å². The van der Waals surface area contributed by atoms with E-state index in [9.17, 15) is 8.42 Å². The van der Waals surface area contributed by atoms with Crippen molar-refractivity contribution < 1.29 is 13.2 Å². The molecule has 0 aliphatic heterocycles. The molecule has 0 unspecified atom stereocenters. The van der Waals surface area contributed by atoms with E-state index in [2.05, 4.69) is 50.6 Å². The third-order valence-electron chi connectivity index (χ3n) is 8.51. The van der Waals surface area contributed by atoms with E-state index in [-0.39, 0.29) is 10.8 Å². The lowest BCUT2D eigenvalue weighted by Crippen LogP contribution is -2.53. The molecule has 0 aromatic heterocycles. The minimum absolute atomic E-state index is 0.0734. The van der Waals surface area contributed by atoms with Crippen molar-refractivity contribution >= 4 is 10.0 Å². The van der Waals surface area contributed by atoms with E-state index >= 15 is 0 Å². The number of methoxy groups -OCH3 is 1. The molecule has 1 N–H and O–H groups in total. The van der Waals surface area contributed by atoms with Gasteiger partial charge in [-0.05, 0) is 95.7 Å². The fourth-order valence-corrected chi connectivity index (χ4v) is 7.84. The summed E-state index contributed by atoms with van der Waals surface area (Å²) in [6.07, 6.45) is 5.54. The van der Waals surface area contributed by atoms with Crippen LogP contribution in [0.2, 0.25) is 0 Å². The highest BCUT2D eigenvalue weighted by Gasteiger charge is 2.51. The third kappa shape index (κ3) is 4.35. The lowest BCUT2D eigenvalue weighted by molar-refractivity contribution is 0.0299. The number of fused-ring (bicyclic) bond motifs is 3. The summed E-state index contributed by atoms with van der Waals surface area (Å²) in [6.45, 7) is 11.6. The zero-order valence-corrected chi connectivity index (χ0v) is 21.8. The summed E-state index contributed by atoms with van der Waals surface area (Å²) < 4.78 is 34.6. The fraction of sp³-hybridized carbons (Fsp3) is 0.571. The molecule has 4 nitrogen and oxygen atoms in total. The molecule has 1 fully saturated rings. The number of hydrogen-bond donors (Lipinski definition) is 1. The molecule has 1 saturated carbocycles. The lowest BCUT2D eigenvalue weighted by Gasteiger charge is -2.55. The Morgan fingerprint density at radius 1 is 1.12 bits per heavy atom. The fourth-order valence-electron chi connectivity index (χ4n) is 6.58. The summed E-state index contributed by atoms with van der Waals surface area (Å²) in [5, 5.41) is 0. The van der Waals surface area contributed by atoms with Crippen LogP contribution in [0.5, 0.6) is 5.75 Å². The summed E-state index contributed by atoms with van der Waals surface area (Å²) in [6, 6.07) is 12.1. The van der Waals surface area contributed by atoms with Crippen LogP contribution < -0.4 is 9.46 Å². The van der Waals surface area contributed by atoms with Gasteiger partial charge in [-0.3, -0.25) is 0 Å². The standard InChI is InChI=1S/C28H39NO3S/c1-19(2)21-8-11-24-22(17-21)9-13-26-27(4,14-7-15-28(24,26)5)18-29-33(30,31)23-10-12-25(32-6)20(3)16-23/h8,10-12,16-17,19,26,29H,7,9,13-15,18H2,1-6H3/t26-,27-,28+/m1/s1. The monoisotopic (exact) mass is 469 g/mol. The molecule has 33 heavy (non-hydrogen) atoms. The Bertz CT molecular complexity index is 1140. The number of rotatable bonds is 6. The molecule has 2 aromatic carbocycles. The molecule has 0 saturated heterocycles. The van der Waals surface area contributed by atoms with Gasteiger partial charge in [-0.1, -0.05) is 52.3 Å². The third-order valence-corrected chi connectivity index (χ3v) is 9.91. The Balaban J connectivity index is 1.58. The van der Waals surface area contributed by atoms with E-state index in [1.807, 2.05) is 6.92 Å². The molecule has 2 aliphatic carbocycles. The number of ether oxygens (including phenoxy) is 1. The van der Waals surface area contributed by atoms with Crippen LogP contribution >= 0.6 is 0 Å². The molecule has 2 aromatic rings. The first kappa shape index (κ1) is 24.3. The molecule has 0 heterocycles. The van der Waals surface area contributed by atoms with Gasteiger partial charge in [-0.15, -0.1) is 0 Å². The van der Waals surface area contributed by atoms with E-state index < -0.39 is 10.0 Å². The van der Waals surface area contributed by atoms with Crippen molar-refractivity contribution in [1.82, 2.24) is 4.72 Å². The van der Waals surface area contributed by atoms with E-state index in [4.69, 9.17) is 4.74 Å². The van der Waals surface area contributed by atoms with Gasteiger partial charge in [0.15, 0.2) is 0 Å². The zero-order chi connectivity index (χ0) is 24.0. The Hall–Kier alpha value is -1.85. The Labute approximate surface area is 200 Å². The number of benzene rings is 2. The first-order chi connectivity index (χ1) is 15.5. The van der Waals surface area contributed by atoms with Crippen molar-refractivity contribution in [3.63, 3.8) is 0 Å². The molecular formula is C28H39NO3S. The summed E-state index contributed by atoms with van der Waals surface area (Å²) >= 11 is 0. The molecule has 5 heteroatoms.